The Labute approximate surface area is 349 Å². The summed E-state index contributed by atoms with van der Waals surface area (Å²) >= 11 is 0. The first-order valence-corrected chi connectivity index (χ1v) is 22.8. The third kappa shape index (κ3) is 43.3. The van der Waals surface area contributed by atoms with Gasteiger partial charge in [-0.15, -0.1) is 0 Å². The zero-order valence-corrected chi connectivity index (χ0v) is 36.6. The molecule has 0 aliphatic carbocycles. The van der Waals surface area contributed by atoms with Gasteiger partial charge in [0.15, 0.2) is 6.10 Å². The van der Waals surface area contributed by atoms with Crippen LogP contribution in [0.2, 0.25) is 0 Å². The molecule has 1 atom stereocenters. The van der Waals surface area contributed by atoms with E-state index in [1.54, 1.807) is 0 Å². The van der Waals surface area contributed by atoms with Crippen molar-refractivity contribution in [2.45, 2.75) is 194 Å². The topological polar surface area (TPSA) is 78.9 Å². The predicted octanol–water partition coefficient (Wildman–Crippen LogP) is 14.6. The van der Waals surface area contributed by atoms with Gasteiger partial charge in [-0.2, -0.15) is 0 Å². The number of unbranched alkanes of at least 4 members (excludes halogenated alkanes) is 15. The molecule has 322 valence electrons. The van der Waals surface area contributed by atoms with Crippen LogP contribution in [0.5, 0.6) is 0 Å². The van der Waals surface area contributed by atoms with Crippen LogP contribution >= 0.6 is 0 Å². The van der Waals surface area contributed by atoms with Crippen molar-refractivity contribution in [3.63, 3.8) is 0 Å². The van der Waals surface area contributed by atoms with Crippen molar-refractivity contribution in [3.05, 3.63) is 97.2 Å². The van der Waals surface area contributed by atoms with Crippen LogP contribution in [0.1, 0.15) is 188 Å². The van der Waals surface area contributed by atoms with E-state index in [-0.39, 0.29) is 37.5 Å². The predicted molar refractivity (Wildman–Crippen MR) is 242 cm³/mol. The smallest absolute Gasteiger partial charge is 0.306 e. The standard InChI is InChI=1S/C51H82O6/c1-4-7-10-13-16-19-22-25-27-29-32-35-38-41-44-50(53)56-47-48(46-55-49(52)43-40-37-34-31-28-24-21-18-15-12-9-6-3)57-51(54)45-42-39-36-33-30-26-23-20-17-14-11-8-5-2/h7-8,10-11,14,16-21,23,25-27,30,48H,4-6,9,12-13,15,22,24,28-29,31-47H2,1-3H3/b10-7-,11-8-,17-14-,19-16-,21-18-,23-20-,27-25-,30-26-. The van der Waals surface area contributed by atoms with Crippen LogP contribution in [0.4, 0.5) is 0 Å². The molecular formula is C51H82O6. The highest BCUT2D eigenvalue weighted by Crippen LogP contribution is 2.12. The Morgan fingerprint density at radius 3 is 1.32 bits per heavy atom. The average molecular weight is 791 g/mol. The summed E-state index contributed by atoms with van der Waals surface area (Å²) in [6, 6.07) is 0. The lowest BCUT2D eigenvalue weighted by Gasteiger charge is -2.18. The molecular weight excluding hydrogens is 709 g/mol. The molecule has 0 saturated heterocycles. The molecule has 0 rings (SSSR count). The highest BCUT2D eigenvalue weighted by atomic mass is 16.6. The Bertz CT molecular complexity index is 1180. The molecule has 6 nitrogen and oxygen atoms in total. The summed E-state index contributed by atoms with van der Waals surface area (Å²) in [4.78, 5) is 37.8. The molecule has 0 saturated carbocycles. The van der Waals surface area contributed by atoms with E-state index in [9.17, 15) is 14.4 Å². The van der Waals surface area contributed by atoms with Gasteiger partial charge in [0, 0.05) is 19.3 Å². The van der Waals surface area contributed by atoms with E-state index in [0.29, 0.717) is 19.3 Å². The minimum absolute atomic E-state index is 0.107. The van der Waals surface area contributed by atoms with Crippen molar-refractivity contribution in [1.82, 2.24) is 0 Å². The molecule has 0 aliphatic heterocycles. The fraction of sp³-hybridized carbons (Fsp3) is 0.627. The van der Waals surface area contributed by atoms with Crippen LogP contribution in [0.15, 0.2) is 97.2 Å². The highest BCUT2D eigenvalue weighted by molar-refractivity contribution is 5.71. The molecule has 0 radical (unpaired) electrons. The largest absolute Gasteiger partial charge is 0.462 e. The molecule has 1 unspecified atom stereocenters. The van der Waals surface area contributed by atoms with Crippen molar-refractivity contribution in [2.75, 3.05) is 13.2 Å². The minimum Gasteiger partial charge on any atom is -0.462 e. The number of carbonyl (C=O) groups is 3. The van der Waals surface area contributed by atoms with Crippen molar-refractivity contribution < 1.29 is 28.6 Å². The second-order valence-corrected chi connectivity index (χ2v) is 14.6. The third-order valence-electron chi connectivity index (χ3n) is 9.15. The quantitative estimate of drug-likeness (QED) is 0.0203. The van der Waals surface area contributed by atoms with Crippen molar-refractivity contribution in [3.8, 4) is 0 Å². The molecule has 0 aromatic rings. The van der Waals surface area contributed by atoms with E-state index >= 15 is 0 Å². The maximum atomic E-state index is 12.7. The van der Waals surface area contributed by atoms with Crippen LogP contribution in [0.25, 0.3) is 0 Å². The molecule has 0 fully saturated rings. The molecule has 0 spiro atoms. The minimum atomic E-state index is -0.809. The van der Waals surface area contributed by atoms with Crippen LogP contribution in [-0.2, 0) is 28.6 Å². The molecule has 57 heavy (non-hydrogen) atoms. The maximum absolute atomic E-state index is 12.7. The summed E-state index contributed by atoms with van der Waals surface area (Å²) < 4.78 is 16.6. The van der Waals surface area contributed by atoms with Crippen LogP contribution in [-0.4, -0.2) is 37.2 Å². The normalized spacial score (nSPS) is 13.0. The van der Waals surface area contributed by atoms with Crippen LogP contribution < -0.4 is 0 Å². The summed E-state index contributed by atoms with van der Waals surface area (Å²) in [6.07, 6.45) is 58.2. The SMILES string of the molecule is CC\C=C/C=C\C=C/C=C\CCCCCC(=O)OC(COC(=O)CCCCCC/C=C\C/C=C\C/C=C\CC)COC(=O)CCCCCCC/C=C\CCCCC. The summed E-state index contributed by atoms with van der Waals surface area (Å²) in [5.74, 6) is -0.989. The van der Waals surface area contributed by atoms with Gasteiger partial charge in [0.1, 0.15) is 13.2 Å². The molecule has 0 aliphatic rings. The lowest BCUT2D eigenvalue weighted by atomic mass is 10.1. The molecule has 0 amide bonds. The summed E-state index contributed by atoms with van der Waals surface area (Å²) in [5, 5.41) is 0. The first kappa shape index (κ1) is 53.3. The molecule has 6 heteroatoms. The van der Waals surface area contributed by atoms with E-state index in [2.05, 4.69) is 81.5 Å². The highest BCUT2D eigenvalue weighted by Gasteiger charge is 2.19. The zero-order chi connectivity index (χ0) is 41.5. The number of hydrogen-bond donors (Lipinski definition) is 0. The second kappa shape index (κ2) is 45.0. The molecule has 0 bridgehead atoms. The van der Waals surface area contributed by atoms with Crippen LogP contribution in [0.3, 0.4) is 0 Å². The number of hydrogen-bond acceptors (Lipinski definition) is 6. The lowest BCUT2D eigenvalue weighted by Crippen LogP contribution is -2.30. The summed E-state index contributed by atoms with van der Waals surface area (Å²) in [6.45, 7) is 6.27. The van der Waals surface area contributed by atoms with Crippen molar-refractivity contribution in [2.24, 2.45) is 0 Å². The Balaban J connectivity index is 4.52. The van der Waals surface area contributed by atoms with E-state index in [4.69, 9.17) is 14.2 Å². The van der Waals surface area contributed by atoms with Gasteiger partial charge in [-0.05, 0) is 96.3 Å². The fourth-order valence-corrected chi connectivity index (χ4v) is 5.75. The fourth-order valence-electron chi connectivity index (χ4n) is 5.75. The Morgan fingerprint density at radius 2 is 0.772 bits per heavy atom. The monoisotopic (exact) mass is 791 g/mol. The van der Waals surface area contributed by atoms with Gasteiger partial charge >= 0.3 is 17.9 Å². The Hall–Kier alpha value is -3.67. The number of ether oxygens (including phenoxy) is 3. The third-order valence-corrected chi connectivity index (χ3v) is 9.15. The molecule has 0 aromatic carbocycles. The van der Waals surface area contributed by atoms with Gasteiger partial charge in [0.25, 0.3) is 0 Å². The first-order valence-electron chi connectivity index (χ1n) is 22.8. The lowest BCUT2D eigenvalue weighted by molar-refractivity contribution is -0.167. The number of allylic oxidation sites excluding steroid dienone is 16. The van der Waals surface area contributed by atoms with Gasteiger partial charge < -0.3 is 14.2 Å². The number of rotatable bonds is 39. The van der Waals surface area contributed by atoms with Crippen molar-refractivity contribution in [1.29, 1.82) is 0 Å². The Morgan fingerprint density at radius 1 is 0.386 bits per heavy atom. The van der Waals surface area contributed by atoms with E-state index in [0.717, 1.165) is 109 Å². The zero-order valence-electron chi connectivity index (χ0n) is 36.6. The van der Waals surface area contributed by atoms with Crippen molar-refractivity contribution >= 4 is 17.9 Å². The summed E-state index contributed by atoms with van der Waals surface area (Å²) in [5.41, 5.74) is 0. The molecule has 0 N–H and O–H groups in total. The van der Waals surface area contributed by atoms with E-state index < -0.39 is 6.10 Å². The molecule has 0 aromatic heterocycles. The van der Waals surface area contributed by atoms with Gasteiger partial charge in [-0.1, -0.05) is 169 Å². The first-order chi connectivity index (χ1) is 28.0. The second-order valence-electron chi connectivity index (χ2n) is 14.6. The number of esters is 3. The van der Waals surface area contributed by atoms with Gasteiger partial charge in [-0.25, -0.2) is 0 Å². The van der Waals surface area contributed by atoms with Gasteiger partial charge in [0.2, 0.25) is 0 Å². The van der Waals surface area contributed by atoms with Gasteiger partial charge in [0.05, 0.1) is 0 Å². The average Bonchev–Trinajstić information content (AvgIpc) is 3.21. The summed E-state index contributed by atoms with van der Waals surface area (Å²) in [7, 11) is 0. The Kier molecular flexibility index (Phi) is 42.1. The maximum Gasteiger partial charge on any atom is 0.306 e. The van der Waals surface area contributed by atoms with Gasteiger partial charge in [-0.3, -0.25) is 14.4 Å². The molecule has 0 heterocycles. The van der Waals surface area contributed by atoms with E-state index in [1.165, 1.54) is 32.1 Å². The van der Waals surface area contributed by atoms with E-state index in [1.807, 2.05) is 36.5 Å². The number of carbonyl (C=O) groups excluding carboxylic acids is 3. The van der Waals surface area contributed by atoms with Crippen LogP contribution in [0, 0.1) is 0 Å².